The van der Waals surface area contributed by atoms with Crippen LogP contribution in [0.3, 0.4) is 0 Å². The number of pyridine rings is 2. The van der Waals surface area contributed by atoms with Gasteiger partial charge < -0.3 is 5.32 Å². The number of aryl methyl sites for hydroxylation is 1. The monoisotopic (exact) mass is 389 g/mol. The number of hydrogen-bond donors (Lipinski definition) is 1. The molecule has 1 aromatic carbocycles. The maximum Gasteiger partial charge on any atom is 0.136 e. The van der Waals surface area contributed by atoms with Crippen LogP contribution < -0.4 is 5.32 Å². The van der Waals surface area contributed by atoms with Crippen molar-refractivity contribution in [3.8, 4) is 22.5 Å². The minimum atomic E-state index is -0.450. The summed E-state index contributed by atoms with van der Waals surface area (Å²) in [5, 5.41) is 3.88. The van der Waals surface area contributed by atoms with E-state index in [2.05, 4.69) is 15.3 Å². The molecular weight excluding hydrogens is 372 g/mol. The molecule has 0 radical (unpaired) electrons. The van der Waals surface area contributed by atoms with Crippen molar-refractivity contribution < 1.29 is 4.39 Å². The molecule has 26 heavy (non-hydrogen) atoms. The highest BCUT2D eigenvalue weighted by Gasteiger charge is 2.20. The summed E-state index contributed by atoms with van der Waals surface area (Å²) < 4.78 is 14.5. The molecule has 0 aliphatic rings. The average Bonchev–Trinajstić information content (AvgIpc) is 2.56. The molecule has 0 aliphatic carbocycles. The lowest BCUT2D eigenvalue weighted by Gasteiger charge is -2.18. The first-order valence-electron chi connectivity index (χ1n) is 8.22. The first kappa shape index (κ1) is 18.6. The molecule has 0 unspecified atom stereocenters. The third kappa shape index (κ3) is 3.81. The predicted molar refractivity (Wildman–Crippen MR) is 106 cm³/mol. The van der Waals surface area contributed by atoms with Crippen LogP contribution in [0.25, 0.3) is 22.5 Å². The van der Waals surface area contributed by atoms with Crippen molar-refractivity contribution in [1.82, 2.24) is 9.97 Å². The Morgan fingerprint density at radius 1 is 0.923 bits per heavy atom. The Morgan fingerprint density at radius 2 is 1.65 bits per heavy atom. The van der Waals surface area contributed by atoms with Gasteiger partial charge in [-0.05, 0) is 51.1 Å². The molecule has 0 saturated heterocycles. The lowest BCUT2D eigenvalue weighted by molar-refractivity contribution is 0.631. The van der Waals surface area contributed by atoms with E-state index in [9.17, 15) is 4.39 Å². The topological polar surface area (TPSA) is 37.8 Å². The Balaban J connectivity index is 2.25. The lowest BCUT2D eigenvalue weighted by atomic mass is 10.0. The zero-order valence-corrected chi connectivity index (χ0v) is 16.2. The summed E-state index contributed by atoms with van der Waals surface area (Å²) in [5.41, 5.74) is 2.86. The van der Waals surface area contributed by atoms with Crippen molar-refractivity contribution in [3.63, 3.8) is 0 Å². The van der Waals surface area contributed by atoms with Gasteiger partial charge in [-0.3, -0.25) is 4.98 Å². The standard InChI is InChI=1S/C20H18Cl2FN3/c1-11(2)24-20-19(18-13(21)7-5-8-15(18)23)14(22)10-17(26-20)16-9-4-6-12(3)25-16/h4-11H,1-3H3,(H,24,26). The summed E-state index contributed by atoms with van der Waals surface area (Å²) >= 11 is 12.8. The second-order valence-corrected chi connectivity index (χ2v) is 7.09. The highest BCUT2D eigenvalue weighted by Crippen LogP contribution is 2.41. The normalized spacial score (nSPS) is 11.0. The lowest BCUT2D eigenvalue weighted by Crippen LogP contribution is -2.13. The molecule has 3 rings (SSSR count). The molecular formula is C20H18Cl2FN3. The van der Waals surface area contributed by atoms with Gasteiger partial charge in [-0.15, -0.1) is 0 Å². The third-order valence-corrected chi connectivity index (χ3v) is 4.37. The van der Waals surface area contributed by atoms with Gasteiger partial charge in [0.15, 0.2) is 0 Å². The summed E-state index contributed by atoms with van der Waals surface area (Å²) in [5.74, 6) is 0.0206. The van der Waals surface area contributed by atoms with E-state index in [1.165, 1.54) is 6.07 Å². The summed E-state index contributed by atoms with van der Waals surface area (Å²) in [6.07, 6.45) is 0. The molecule has 0 saturated carbocycles. The minimum Gasteiger partial charge on any atom is -0.367 e. The molecule has 2 aromatic heterocycles. The van der Waals surface area contributed by atoms with E-state index < -0.39 is 5.82 Å². The molecule has 3 nitrogen and oxygen atoms in total. The molecule has 0 aliphatic heterocycles. The van der Waals surface area contributed by atoms with Crippen molar-refractivity contribution in [2.75, 3.05) is 5.32 Å². The SMILES string of the molecule is Cc1cccc(-c2cc(Cl)c(-c3c(F)cccc3Cl)c(NC(C)C)n2)n1. The quantitative estimate of drug-likeness (QED) is 0.561. The van der Waals surface area contributed by atoms with Crippen LogP contribution in [0.4, 0.5) is 10.2 Å². The molecule has 0 fully saturated rings. The Labute approximate surface area is 162 Å². The zero-order chi connectivity index (χ0) is 18.8. The fourth-order valence-electron chi connectivity index (χ4n) is 2.68. The number of halogens is 3. The molecule has 2 heterocycles. The van der Waals surface area contributed by atoms with E-state index in [1.54, 1.807) is 18.2 Å². The van der Waals surface area contributed by atoms with Gasteiger partial charge in [0, 0.05) is 22.9 Å². The number of hydrogen-bond acceptors (Lipinski definition) is 3. The summed E-state index contributed by atoms with van der Waals surface area (Å²) in [4.78, 5) is 9.15. The van der Waals surface area contributed by atoms with E-state index >= 15 is 0 Å². The number of anilines is 1. The Hall–Kier alpha value is -2.17. The summed E-state index contributed by atoms with van der Waals surface area (Å²) in [6.45, 7) is 5.85. The van der Waals surface area contributed by atoms with Crippen LogP contribution in [0.2, 0.25) is 10.0 Å². The Morgan fingerprint density at radius 3 is 2.31 bits per heavy atom. The van der Waals surface area contributed by atoms with Gasteiger partial charge >= 0.3 is 0 Å². The van der Waals surface area contributed by atoms with Gasteiger partial charge in [0.1, 0.15) is 11.6 Å². The van der Waals surface area contributed by atoms with E-state index in [0.717, 1.165) is 5.69 Å². The minimum absolute atomic E-state index is 0.0728. The van der Waals surface area contributed by atoms with Gasteiger partial charge in [-0.2, -0.15) is 0 Å². The van der Waals surface area contributed by atoms with Gasteiger partial charge in [-0.1, -0.05) is 35.3 Å². The summed E-state index contributed by atoms with van der Waals surface area (Å²) in [7, 11) is 0. The second-order valence-electron chi connectivity index (χ2n) is 6.27. The highest BCUT2D eigenvalue weighted by molar-refractivity contribution is 6.37. The first-order chi connectivity index (χ1) is 12.4. The van der Waals surface area contributed by atoms with Crippen LogP contribution in [-0.2, 0) is 0 Å². The van der Waals surface area contributed by atoms with Gasteiger partial charge in [0.2, 0.25) is 0 Å². The molecule has 0 spiro atoms. The summed E-state index contributed by atoms with van der Waals surface area (Å²) in [6, 6.07) is 12.0. The molecule has 1 N–H and O–H groups in total. The van der Waals surface area contributed by atoms with Crippen molar-refractivity contribution in [2.45, 2.75) is 26.8 Å². The number of benzene rings is 1. The van der Waals surface area contributed by atoms with E-state index in [-0.39, 0.29) is 16.6 Å². The first-order valence-corrected chi connectivity index (χ1v) is 8.98. The molecule has 3 aromatic rings. The van der Waals surface area contributed by atoms with Crippen molar-refractivity contribution in [2.24, 2.45) is 0 Å². The Kier molecular flexibility index (Phi) is 5.44. The number of rotatable bonds is 4. The van der Waals surface area contributed by atoms with Crippen LogP contribution >= 0.6 is 23.2 Å². The maximum atomic E-state index is 14.5. The smallest absolute Gasteiger partial charge is 0.136 e. The third-order valence-electron chi connectivity index (χ3n) is 3.76. The average molecular weight is 390 g/mol. The van der Waals surface area contributed by atoms with Gasteiger partial charge in [0.05, 0.1) is 21.4 Å². The molecule has 0 atom stereocenters. The number of nitrogens with zero attached hydrogens (tertiary/aromatic N) is 2. The van der Waals surface area contributed by atoms with Crippen LogP contribution in [0.1, 0.15) is 19.5 Å². The van der Waals surface area contributed by atoms with Crippen molar-refractivity contribution >= 4 is 29.0 Å². The zero-order valence-electron chi connectivity index (χ0n) is 14.6. The fourth-order valence-corrected chi connectivity index (χ4v) is 3.23. The van der Waals surface area contributed by atoms with E-state index in [1.807, 2.05) is 39.0 Å². The van der Waals surface area contributed by atoms with Crippen LogP contribution in [-0.4, -0.2) is 16.0 Å². The molecule has 134 valence electrons. The fraction of sp³-hybridized carbons (Fsp3) is 0.200. The Bertz CT molecular complexity index is 938. The second kappa shape index (κ2) is 7.60. The molecule has 6 heteroatoms. The van der Waals surface area contributed by atoms with Gasteiger partial charge in [0.25, 0.3) is 0 Å². The largest absolute Gasteiger partial charge is 0.367 e. The predicted octanol–water partition coefficient (Wildman–Crippen LogP) is 6.39. The van der Waals surface area contributed by atoms with Crippen LogP contribution in [0.5, 0.6) is 0 Å². The maximum absolute atomic E-state index is 14.5. The molecule has 0 amide bonds. The van der Waals surface area contributed by atoms with E-state index in [0.29, 0.717) is 27.8 Å². The molecule has 0 bridgehead atoms. The van der Waals surface area contributed by atoms with Crippen molar-refractivity contribution in [1.29, 1.82) is 0 Å². The van der Waals surface area contributed by atoms with Crippen molar-refractivity contribution in [3.05, 3.63) is 64.0 Å². The highest BCUT2D eigenvalue weighted by atomic mass is 35.5. The van der Waals surface area contributed by atoms with Crippen LogP contribution in [0, 0.1) is 12.7 Å². The van der Waals surface area contributed by atoms with Gasteiger partial charge in [-0.25, -0.2) is 9.37 Å². The number of nitrogens with one attached hydrogen (secondary N) is 1. The number of aromatic nitrogens is 2. The van der Waals surface area contributed by atoms with E-state index in [4.69, 9.17) is 23.2 Å². The van der Waals surface area contributed by atoms with Crippen LogP contribution in [0.15, 0.2) is 42.5 Å².